The molecule has 0 amide bonds. The van der Waals surface area contributed by atoms with Gasteiger partial charge in [-0.25, -0.2) is 5.48 Å². The molecule has 70 valence electrons. The number of hydrogen-bond donors (Lipinski definition) is 3. The maximum Gasteiger partial charge on any atom is 0.237 e. The van der Waals surface area contributed by atoms with Gasteiger partial charge in [-0.3, -0.25) is 5.21 Å². The summed E-state index contributed by atoms with van der Waals surface area (Å²) in [5.41, 5.74) is 7.68. The Hall–Kier alpha value is -1.82. The first kappa shape index (κ1) is 9.27. The van der Waals surface area contributed by atoms with Crippen molar-refractivity contribution in [2.24, 2.45) is 23.0 Å². The van der Waals surface area contributed by atoms with Crippen LogP contribution in [0.25, 0.3) is 0 Å². The third-order valence-corrected chi connectivity index (χ3v) is 1.45. The number of aromatic nitrogens is 1. The summed E-state index contributed by atoms with van der Waals surface area (Å²) in [5, 5.41) is 15.3. The van der Waals surface area contributed by atoms with Crippen LogP contribution in [0.5, 0.6) is 0 Å². The highest BCUT2D eigenvalue weighted by molar-refractivity contribution is 5.80. The van der Waals surface area contributed by atoms with E-state index in [2.05, 4.69) is 10.2 Å². The van der Waals surface area contributed by atoms with Gasteiger partial charge in [0, 0.05) is 13.2 Å². The molecule has 0 bridgehead atoms. The summed E-state index contributed by atoms with van der Waals surface area (Å²) in [7, 11) is 1.89. The van der Waals surface area contributed by atoms with Crippen LogP contribution in [0.15, 0.2) is 28.5 Å². The highest BCUT2D eigenvalue weighted by atomic mass is 16.5. The Morgan fingerprint density at radius 3 is 3.08 bits per heavy atom. The lowest BCUT2D eigenvalue weighted by Gasteiger charge is -1.93. The molecule has 1 aromatic heterocycles. The smallest absolute Gasteiger partial charge is 0.237 e. The minimum Gasteiger partial charge on any atom is -0.367 e. The van der Waals surface area contributed by atoms with Crippen LogP contribution in [-0.4, -0.2) is 21.9 Å². The van der Waals surface area contributed by atoms with Crippen molar-refractivity contribution in [3.63, 3.8) is 0 Å². The Morgan fingerprint density at radius 2 is 2.54 bits per heavy atom. The van der Waals surface area contributed by atoms with E-state index in [1.807, 2.05) is 29.9 Å². The van der Waals surface area contributed by atoms with E-state index in [1.165, 1.54) is 6.21 Å². The van der Waals surface area contributed by atoms with Gasteiger partial charge in [0.15, 0.2) is 0 Å². The van der Waals surface area contributed by atoms with E-state index in [-0.39, 0.29) is 5.96 Å². The maximum atomic E-state index is 8.26. The number of nitrogens with one attached hydrogen (secondary N) is 1. The molecule has 0 aromatic carbocycles. The van der Waals surface area contributed by atoms with Crippen LogP contribution in [-0.2, 0) is 7.05 Å². The van der Waals surface area contributed by atoms with E-state index in [4.69, 9.17) is 10.9 Å². The Morgan fingerprint density at radius 1 is 1.77 bits per heavy atom. The zero-order valence-electron chi connectivity index (χ0n) is 7.18. The van der Waals surface area contributed by atoms with Crippen LogP contribution < -0.4 is 11.2 Å². The summed E-state index contributed by atoms with van der Waals surface area (Å²) in [6.07, 6.45) is 3.42. The number of nitrogens with two attached hydrogens (primary N) is 1. The molecular weight excluding hydrogens is 170 g/mol. The fourth-order valence-corrected chi connectivity index (χ4v) is 0.781. The molecule has 6 heteroatoms. The highest BCUT2D eigenvalue weighted by Gasteiger charge is 1.90. The van der Waals surface area contributed by atoms with Crippen molar-refractivity contribution in [3.8, 4) is 0 Å². The fraction of sp³-hybridized carbons (Fsp3) is 0.143. The van der Waals surface area contributed by atoms with E-state index in [9.17, 15) is 0 Å². The van der Waals surface area contributed by atoms with E-state index in [0.29, 0.717) is 0 Å². The zero-order chi connectivity index (χ0) is 9.68. The first-order valence-corrected chi connectivity index (χ1v) is 3.62. The Bertz CT molecular complexity index is 327. The number of aryl methyl sites for hydroxylation is 1. The molecule has 1 heterocycles. The van der Waals surface area contributed by atoms with Gasteiger partial charge in [-0.15, -0.1) is 5.10 Å². The van der Waals surface area contributed by atoms with Crippen molar-refractivity contribution in [1.29, 1.82) is 0 Å². The number of guanidine groups is 1. The molecule has 0 atom stereocenters. The lowest BCUT2D eigenvalue weighted by atomic mass is 10.5. The SMILES string of the molecule is Cn1cccc1/C=N/N=C(N)NO. The monoisotopic (exact) mass is 181 g/mol. The first-order valence-electron chi connectivity index (χ1n) is 3.62. The Kier molecular flexibility index (Phi) is 3.04. The van der Waals surface area contributed by atoms with Gasteiger partial charge in [0.25, 0.3) is 0 Å². The second-order valence-corrected chi connectivity index (χ2v) is 2.39. The van der Waals surface area contributed by atoms with Gasteiger partial charge in [0.05, 0.1) is 11.9 Å². The van der Waals surface area contributed by atoms with E-state index in [0.717, 1.165) is 5.69 Å². The van der Waals surface area contributed by atoms with Crippen molar-refractivity contribution in [2.45, 2.75) is 0 Å². The van der Waals surface area contributed by atoms with Gasteiger partial charge >= 0.3 is 0 Å². The van der Waals surface area contributed by atoms with Crippen molar-refractivity contribution in [1.82, 2.24) is 10.0 Å². The van der Waals surface area contributed by atoms with Crippen LogP contribution in [0, 0.1) is 0 Å². The zero-order valence-corrected chi connectivity index (χ0v) is 7.18. The lowest BCUT2D eigenvalue weighted by molar-refractivity contribution is 0.232. The third-order valence-electron chi connectivity index (χ3n) is 1.45. The minimum atomic E-state index is -0.148. The predicted octanol–water partition coefficient (Wildman–Crippen LogP) is -0.347. The summed E-state index contributed by atoms with van der Waals surface area (Å²) in [6, 6.07) is 3.76. The summed E-state index contributed by atoms with van der Waals surface area (Å²) in [5.74, 6) is -0.148. The molecule has 0 radical (unpaired) electrons. The molecule has 1 aromatic rings. The Labute approximate surface area is 75.3 Å². The van der Waals surface area contributed by atoms with Crippen molar-refractivity contribution >= 4 is 12.2 Å². The van der Waals surface area contributed by atoms with Crippen LogP contribution in [0.4, 0.5) is 0 Å². The van der Waals surface area contributed by atoms with Gasteiger partial charge in [-0.1, -0.05) is 0 Å². The quantitative estimate of drug-likeness (QED) is 0.331. The Balaban J connectivity index is 2.64. The second kappa shape index (κ2) is 4.27. The van der Waals surface area contributed by atoms with Crippen molar-refractivity contribution in [3.05, 3.63) is 24.0 Å². The summed E-state index contributed by atoms with van der Waals surface area (Å²) in [6.45, 7) is 0. The summed E-state index contributed by atoms with van der Waals surface area (Å²) >= 11 is 0. The van der Waals surface area contributed by atoms with Crippen LogP contribution >= 0.6 is 0 Å². The minimum absolute atomic E-state index is 0.148. The molecule has 0 spiro atoms. The van der Waals surface area contributed by atoms with Gasteiger partial charge in [0.1, 0.15) is 0 Å². The molecule has 4 N–H and O–H groups in total. The number of rotatable bonds is 2. The van der Waals surface area contributed by atoms with Crippen LogP contribution in [0.1, 0.15) is 5.69 Å². The molecule has 0 saturated carbocycles. The predicted molar refractivity (Wildman–Crippen MR) is 49.6 cm³/mol. The van der Waals surface area contributed by atoms with E-state index >= 15 is 0 Å². The second-order valence-electron chi connectivity index (χ2n) is 2.39. The molecule has 0 aliphatic heterocycles. The number of hydroxylamine groups is 1. The number of nitrogens with zero attached hydrogens (tertiary/aromatic N) is 3. The summed E-state index contributed by atoms with van der Waals surface area (Å²) in [4.78, 5) is 0. The summed E-state index contributed by atoms with van der Waals surface area (Å²) < 4.78 is 1.88. The molecule has 0 aliphatic rings. The molecular formula is C7H11N5O. The van der Waals surface area contributed by atoms with E-state index < -0.39 is 0 Å². The lowest BCUT2D eigenvalue weighted by Crippen LogP contribution is -2.27. The normalized spacial score (nSPS) is 12.3. The van der Waals surface area contributed by atoms with Crippen molar-refractivity contribution < 1.29 is 5.21 Å². The molecule has 0 saturated heterocycles. The standard InChI is InChI=1S/C7H11N5O/c1-12-4-2-3-6(12)5-9-10-7(8)11-13/h2-5,13H,1H3,(H3,8,10,11)/b9-5+. The third kappa shape index (κ3) is 2.60. The average molecular weight is 181 g/mol. The van der Waals surface area contributed by atoms with Crippen LogP contribution in [0.2, 0.25) is 0 Å². The van der Waals surface area contributed by atoms with Crippen LogP contribution in [0.3, 0.4) is 0 Å². The molecule has 6 nitrogen and oxygen atoms in total. The molecule has 13 heavy (non-hydrogen) atoms. The fourth-order valence-electron chi connectivity index (χ4n) is 0.781. The van der Waals surface area contributed by atoms with Gasteiger partial charge < -0.3 is 10.3 Å². The molecule has 0 fully saturated rings. The molecule has 0 aliphatic carbocycles. The highest BCUT2D eigenvalue weighted by Crippen LogP contribution is 1.94. The number of hydrogen-bond acceptors (Lipinski definition) is 3. The first-order chi connectivity index (χ1) is 6.24. The van der Waals surface area contributed by atoms with E-state index in [1.54, 1.807) is 5.48 Å². The molecule has 0 unspecified atom stereocenters. The largest absolute Gasteiger partial charge is 0.367 e. The molecule has 1 rings (SSSR count). The van der Waals surface area contributed by atoms with Gasteiger partial charge in [0.2, 0.25) is 5.96 Å². The maximum absolute atomic E-state index is 8.26. The van der Waals surface area contributed by atoms with Gasteiger partial charge in [-0.2, -0.15) is 5.10 Å². The van der Waals surface area contributed by atoms with Crippen molar-refractivity contribution in [2.75, 3.05) is 0 Å². The topological polar surface area (TPSA) is 87.9 Å². The average Bonchev–Trinajstić information content (AvgIpc) is 2.52. The van der Waals surface area contributed by atoms with Gasteiger partial charge in [-0.05, 0) is 12.1 Å².